The highest BCUT2D eigenvalue weighted by atomic mass is 16.7. The second-order valence-electron chi connectivity index (χ2n) is 4.72. The summed E-state index contributed by atoms with van der Waals surface area (Å²) in [4.78, 5) is 25.0. The first kappa shape index (κ1) is 16.3. The Morgan fingerprint density at radius 1 is 1.30 bits per heavy atom. The first-order chi connectivity index (χ1) is 10.9. The van der Waals surface area contributed by atoms with Crippen molar-refractivity contribution in [1.29, 1.82) is 0 Å². The summed E-state index contributed by atoms with van der Waals surface area (Å²) in [5.41, 5.74) is 6.05. The standard InChI is InChI=1S/C12H9NO4.C3H8N2O/c1-6-8(12(14)15)2-7-3-10-11(17-5-16-10)4-9(7)13-6;1-2-5-3(4)6/h2-4H,5H2,1H3,(H,14,15);2H2,1H3,(H3,4,5,6). The summed E-state index contributed by atoms with van der Waals surface area (Å²) in [6.45, 7) is 4.28. The second kappa shape index (κ2) is 6.82. The number of fused-ring (bicyclic) bond motifs is 2. The highest BCUT2D eigenvalue weighted by Gasteiger charge is 2.17. The van der Waals surface area contributed by atoms with Crippen LogP contribution in [0.15, 0.2) is 18.2 Å². The molecule has 0 fully saturated rings. The van der Waals surface area contributed by atoms with E-state index >= 15 is 0 Å². The van der Waals surface area contributed by atoms with Crippen LogP contribution in [0.1, 0.15) is 23.0 Å². The van der Waals surface area contributed by atoms with Crippen molar-refractivity contribution < 1.29 is 24.2 Å². The van der Waals surface area contributed by atoms with Crippen LogP contribution < -0.4 is 20.5 Å². The molecule has 1 aliphatic heterocycles. The third kappa shape index (κ3) is 3.79. The number of carbonyl (C=O) groups is 2. The number of carboxylic acid groups (broad SMARTS) is 1. The molecule has 0 bridgehead atoms. The van der Waals surface area contributed by atoms with Crippen molar-refractivity contribution in [2.75, 3.05) is 13.3 Å². The molecule has 0 spiro atoms. The summed E-state index contributed by atoms with van der Waals surface area (Å²) in [6, 6.07) is 4.65. The Labute approximate surface area is 132 Å². The number of aromatic nitrogens is 1. The minimum absolute atomic E-state index is 0.191. The zero-order chi connectivity index (χ0) is 17.0. The fourth-order valence-electron chi connectivity index (χ4n) is 2.05. The first-order valence-electron chi connectivity index (χ1n) is 6.90. The monoisotopic (exact) mass is 319 g/mol. The molecule has 1 aromatic heterocycles. The molecule has 0 aliphatic carbocycles. The summed E-state index contributed by atoms with van der Waals surface area (Å²) < 4.78 is 10.5. The fourth-order valence-corrected chi connectivity index (χ4v) is 2.05. The number of nitrogens with two attached hydrogens (primary N) is 1. The van der Waals surface area contributed by atoms with E-state index in [1.807, 2.05) is 6.92 Å². The Bertz CT molecular complexity index is 760. The number of hydrogen-bond acceptors (Lipinski definition) is 5. The molecule has 3 rings (SSSR count). The first-order valence-corrected chi connectivity index (χ1v) is 6.90. The molecular weight excluding hydrogens is 302 g/mol. The van der Waals surface area contributed by atoms with Crippen LogP contribution >= 0.6 is 0 Å². The van der Waals surface area contributed by atoms with Gasteiger partial charge in [-0.1, -0.05) is 0 Å². The number of urea groups is 1. The number of benzene rings is 1. The van der Waals surface area contributed by atoms with E-state index in [9.17, 15) is 9.59 Å². The van der Waals surface area contributed by atoms with E-state index in [4.69, 9.17) is 14.6 Å². The highest BCUT2D eigenvalue weighted by molar-refractivity contribution is 5.94. The fraction of sp³-hybridized carbons (Fsp3) is 0.267. The van der Waals surface area contributed by atoms with Gasteiger partial charge in [-0.15, -0.1) is 0 Å². The van der Waals surface area contributed by atoms with Crippen molar-refractivity contribution in [2.45, 2.75) is 13.8 Å². The zero-order valence-corrected chi connectivity index (χ0v) is 12.8. The molecule has 1 aromatic carbocycles. The van der Waals surface area contributed by atoms with Gasteiger partial charge < -0.3 is 25.6 Å². The van der Waals surface area contributed by atoms with Crippen molar-refractivity contribution in [2.24, 2.45) is 5.73 Å². The number of carboxylic acids is 1. The van der Waals surface area contributed by atoms with E-state index in [0.29, 0.717) is 29.3 Å². The average molecular weight is 319 g/mol. The molecule has 0 saturated heterocycles. The van der Waals surface area contributed by atoms with Crippen molar-refractivity contribution in [3.63, 3.8) is 0 Å². The smallest absolute Gasteiger partial charge is 0.337 e. The number of nitrogens with one attached hydrogen (secondary N) is 1. The summed E-state index contributed by atoms with van der Waals surface area (Å²) in [7, 11) is 0. The molecule has 1 aliphatic rings. The van der Waals surface area contributed by atoms with E-state index in [1.165, 1.54) is 0 Å². The number of hydrogen-bond donors (Lipinski definition) is 3. The van der Waals surface area contributed by atoms with Crippen molar-refractivity contribution in [3.05, 3.63) is 29.5 Å². The summed E-state index contributed by atoms with van der Waals surface area (Å²) in [6.07, 6.45) is 0. The van der Waals surface area contributed by atoms with Gasteiger partial charge in [-0.25, -0.2) is 9.59 Å². The van der Waals surface area contributed by atoms with Crippen molar-refractivity contribution in [1.82, 2.24) is 10.3 Å². The predicted octanol–water partition coefficient (Wildman–Crippen LogP) is 1.64. The van der Waals surface area contributed by atoms with Gasteiger partial charge in [0, 0.05) is 18.0 Å². The quantitative estimate of drug-likeness (QED) is 0.773. The molecule has 0 radical (unpaired) electrons. The largest absolute Gasteiger partial charge is 0.478 e. The molecule has 0 atom stereocenters. The molecule has 8 heteroatoms. The van der Waals surface area contributed by atoms with E-state index in [-0.39, 0.29) is 12.4 Å². The number of nitrogens with zero attached hydrogens (tertiary/aromatic N) is 1. The Morgan fingerprint density at radius 2 is 1.96 bits per heavy atom. The van der Waals surface area contributed by atoms with E-state index in [0.717, 1.165) is 5.39 Å². The highest BCUT2D eigenvalue weighted by Crippen LogP contribution is 2.35. The Morgan fingerprint density at radius 3 is 2.48 bits per heavy atom. The minimum Gasteiger partial charge on any atom is -0.478 e. The van der Waals surface area contributed by atoms with Gasteiger partial charge in [0.1, 0.15) is 0 Å². The third-order valence-corrected chi connectivity index (χ3v) is 3.08. The van der Waals surface area contributed by atoms with Crippen LogP contribution in [0.5, 0.6) is 11.5 Å². The molecule has 122 valence electrons. The van der Waals surface area contributed by atoms with Crippen LogP contribution in [0.4, 0.5) is 4.79 Å². The van der Waals surface area contributed by atoms with Gasteiger partial charge in [-0.05, 0) is 26.0 Å². The van der Waals surface area contributed by atoms with E-state index < -0.39 is 12.0 Å². The Kier molecular flexibility index (Phi) is 4.85. The van der Waals surface area contributed by atoms with Crippen LogP contribution in [0.3, 0.4) is 0 Å². The number of pyridine rings is 1. The summed E-state index contributed by atoms with van der Waals surface area (Å²) in [5, 5.41) is 12.1. The maximum atomic E-state index is 11.0. The maximum Gasteiger partial charge on any atom is 0.337 e. The SMILES string of the molecule is CCNC(N)=O.Cc1nc2cc3c(cc2cc1C(=O)O)OCO3. The molecule has 2 heterocycles. The lowest BCUT2D eigenvalue weighted by molar-refractivity contribution is 0.0695. The van der Waals surface area contributed by atoms with E-state index in [1.54, 1.807) is 25.1 Å². The molecule has 23 heavy (non-hydrogen) atoms. The molecular formula is C15H17N3O5. The van der Waals surface area contributed by atoms with Crippen LogP contribution in [0.25, 0.3) is 10.9 Å². The topological polar surface area (TPSA) is 124 Å². The molecule has 0 unspecified atom stereocenters. The number of ether oxygens (including phenoxy) is 2. The number of aromatic carboxylic acids is 1. The van der Waals surface area contributed by atoms with Gasteiger partial charge in [-0.2, -0.15) is 0 Å². The van der Waals surface area contributed by atoms with E-state index in [2.05, 4.69) is 16.0 Å². The van der Waals surface area contributed by atoms with Gasteiger partial charge >= 0.3 is 12.0 Å². The second-order valence-corrected chi connectivity index (χ2v) is 4.72. The molecule has 2 aromatic rings. The average Bonchev–Trinajstić information content (AvgIpc) is 2.91. The number of aryl methyl sites for hydroxylation is 1. The van der Waals surface area contributed by atoms with Crippen molar-refractivity contribution >= 4 is 22.9 Å². The summed E-state index contributed by atoms with van der Waals surface area (Å²) >= 11 is 0. The Balaban J connectivity index is 0.000000277. The molecule has 8 nitrogen and oxygen atoms in total. The summed E-state index contributed by atoms with van der Waals surface area (Å²) in [5.74, 6) is 0.293. The maximum absolute atomic E-state index is 11.0. The lowest BCUT2D eigenvalue weighted by Crippen LogP contribution is -2.28. The lowest BCUT2D eigenvalue weighted by atomic mass is 10.1. The Hall–Kier alpha value is -3.03. The predicted molar refractivity (Wildman–Crippen MR) is 82.8 cm³/mol. The number of carbonyl (C=O) groups excluding carboxylic acids is 1. The van der Waals surface area contributed by atoms with Gasteiger partial charge in [-0.3, -0.25) is 4.98 Å². The van der Waals surface area contributed by atoms with Gasteiger partial charge in [0.05, 0.1) is 16.8 Å². The number of primary amides is 1. The lowest BCUT2D eigenvalue weighted by Gasteiger charge is -2.04. The van der Waals surface area contributed by atoms with Crippen LogP contribution in [0, 0.1) is 6.92 Å². The third-order valence-electron chi connectivity index (χ3n) is 3.08. The van der Waals surface area contributed by atoms with Crippen molar-refractivity contribution in [3.8, 4) is 11.5 Å². The van der Waals surface area contributed by atoms with Crippen LogP contribution in [-0.2, 0) is 0 Å². The molecule has 2 amide bonds. The van der Waals surface area contributed by atoms with Crippen LogP contribution in [0.2, 0.25) is 0 Å². The minimum atomic E-state index is -0.977. The van der Waals surface area contributed by atoms with Crippen LogP contribution in [-0.4, -0.2) is 35.4 Å². The molecule has 4 N–H and O–H groups in total. The van der Waals surface area contributed by atoms with Gasteiger partial charge in [0.15, 0.2) is 11.5 Å². The number of amides is 2. The number of rotatable bonds is 2. The normalized spacial score (nSPS) is 11.6. The molecule has 0 saturated carbocycles. The van der Waals surface area contributed by atoms with Gasteiger partial charge in [0.2, 0.25) is 6.79 Å². The van der Waals surface area contributed by atoms with Gasteiger partial charge in [0.25, 0.3) is 0 Å². The zero-order valence-electron chi connectivity index (χ0n) is 12.8.